The van der Waals surface area contributed by atoms with E-state index >= 15 is 0 Å². The Balaban J connectivity index is 1.43. The van der Waals surface area contributed by atoms with Gasteiger partial charge in [0, 0.05) is 38.7 Å². The number of hydrogen-bond acceptors (Lipinski definition) is 6. The zero-order chi connectivity index (χ0) is 17.8. The van der Waals surface area contributed by atoms with Gasteiger partial charge in [-0.2, -0.15) is 4.98 Å². The summed E-state index contributed by atoms with van der Waals surface area (Å²) in [5.41, 5.74) is 2.00. The number of ether oxygens (including phenoxy) is 1. The van der Waals surface area contributed by atoms with Gasteiger partial charge in [0.2, 0.25) is 0 Å². The number of rotatable bonds is 6. The molecule has 0 aliphatic carbocycles. The van der Waals surface area contributed by atoms with E-state index in [1.165, 1.54) is 0 Å². The third-order valence-electron chi connectivity index (χ3n) is 4.68. The number of benzene rings is 1. The summed E-state index contributed by atoms with van der Waals surface area (Å²) in [6.45, 7) is 2.81. The summed E-state index contributed by atoms with van der Waals surface area (Å²) in [6.07, 6.45) is 3.60. The molecule has 6 heteroatoms. The van der Waals surface area contributed by atoms with Crippen molar-refractivity contribution in [1.29, 1.82) is 0 Å². The van der Waals surface area contributed by atoms with E-state index in [1.54, 1.807) is 13.3 Å². The highest BCUT2D eigenvalue weighted by atomic mass is 16.5. The van der Waals surface area contributed by atoms with Crippen LogP contribution in [-0.2, 0) is 11.2 Å². The molecule has 26 heavy (non-hydrogen) atoms. The van der Waals surface area contributed by atoms with Gasteiger partial charge in [-0.05, 0) is 24.1 Å². The fourth-order valence-electron chi connectivity index (χ4n) is 3.33. The molecule has 4 rings (SSSR count). The molecule has 0 unspecified atom stereocenters. The van der Waals surface area contributed by atoms with Crippen molar-refractivity contribution in [1.82, 2.24) is 15.1 Å². The van der Waals surface area contributed by atoms with Crippen LogP contribution in [0.1, 0.15) is 17.8 Å². The van der Waals surface area contributed by atoms with Crippen molar-refractivity contribution in [2.75, 3.05) is 31.7 Å². The summed E-state index contributed by atoms with van der Waals surface area (Å²) in [4.78, 5) is 11.4. The summed E-state index contributed by atoms with van der Waals surface area (Å²) < 4.78 is 10.7. The van der Waals surface area contributed by atoms with Crippen molar-refractivity contribution in [3.8, 4) is 11.5 Å². The van der Waals surface area contributed by atoms with Gasteiger partial charge in [0.1, 0.15) is 5.82 Å². The van der Waals surface area contributed by atoms with Gasteiger partial charge in [-0.3, -0.25) is 0 Å². The number of hydrogen-bond donors (Lipinski definition) is 0. The van der Waals surface area contributed by atoms with Crippen molar-refractivity contribution in [2.45, 2.75) is 12.8 Å². The van der Waals surface area contributed by atoms with E-state index in [1.807, 2.05) is 30.3 Å². The van der Waals surface area contributed by atoms with Crippen LogP contribution in [0.5, 0.6) is 0 Å². The SMILES string of the molecule is COC[C@H]1CCN(c2ccc(-c3nc(Cc4ccccc4)no3)cn2)C1. The molecule has 2 aromatic heterocycles. The lowest BCUT2D eigenvalue weighted by Gasteiger charge is -2.17. The van der Waals surface area contributed by atoms with Crippen LogP contribution in [0.2, 0.25) is 0 Å². The number of anilines is 1. The monoisotopic (exact) mass is 350 g/mol. The van der Waals surface area contributed by atoms with Crippen LogP contribution in [0.4, 0.5) is 5.82 Å². The zero-order valence-electron chi connectivity index (χ0n) is 14.8. The van der Waals surface area contributed by atoms with Crippen molar-refractivity contribution >= 4 is 5.82 Å². The molecule has 6 nitrogen and oxygen atoms in total. The summed E-state index contributed by atoms with van der Waals surface area (Å²) in [6, 6.07) is 14.1. The Morgan fingerprint density at radius 1 is 1.19 bits per heavy atom. The fourth-order valence-corrected chi connectivity index (χ4v) is 3.33. The molecule has 0 saturated carbocycles. The van der Waals surface area contributed by atoms with Gasteiger partial charge in [0.15, 0.2) is 5.82 Å². The Kier molecular flexibility index (Phi) is 4.93. The standard InChI is InChI=1S/C20H22N4O2/c1-25-14-16-9-10-24(13-16)19-8-7-17(12-21-19)20-22-18(23-26-20)11-15-5-3-2-4-6-15/h2-8,12,16H,9-11,13-14H2,1H3/t16-/m0/s1. The Morgan fingerprint density at radius 2 is 2.08 bits per heavy atom. The molecule has 1 aromatic carbocycles. The van der Waals surface area contributed by atoms with E-state index in [4.69, 9.17) is 9.26 Å². The molecular weight excluding hydrogens is 328 g/mol. The van der Waals surface area contributed by atoms with Crippen LogP contribution in [0.25, 0.3) is 11.5 Å². The van der Waals surface area contributed by atoms with Crippen LogP contribution < -0.4 is 4.90 Å². The predicted molar refractivity (Wildman–Crippen MR) is 99.0 cm³/mol. The molecular formula is C20H22N4O2. The average Bonchev–Trinajstić information content (AvgIpc) is 3.33. The van der Waals surface area contributed by atoms with E-state index < -0.39 is 0 Å². The highest BCUT2D eigenvalue weighted by Crippen LogP contribution is 2.24. The zero-order valence-corrected chi connectivity index (χ0v) is 14.8. The maximum absolute atomic E-state index is 5.41. The maximum Gasteiger partial charge on any atom is 0.259 e. The Bertz CT molecular complexity index is 833. The molecule has 1 saturated heterocycles. The minimum Gasteiger partial charge on any atom is -0.384 e. The van der Waals surface area contributed by atoms with Crippen LogP contribution in [0, 0.1) is 5.92 Å². The lowest BCUT2D eigenvalue weighted by Crippen LogP contribution is -2.21. The first kappa shape index (κ1) is 16.7. The minimum atomic E-state index is 0.508. The molecule has 0 N–H and O–H groups in total. The Labute approximate surface area is 152 Å². The summed E-state index contributed by atoms with van der Waals surface area (Å²) >= 11 is 0. The largest absolute Gasteiger partial charge is 0.384 e. The first-order valence-corrected chi connectivity index (χ1v) is 8.88. The third kappa shape index (κ3) is 3.75. The lowest BCUT2D eigenvalue weighted by atomic mass is 10.1. The Morgan fingerprint density at radius 3 is 2.85 bits per heavy atom. The summed E-state index contributed by atoms with van der Waals surface area (Å²) in [5, 5.41) is 4.08. The van der Waals surface area contributed by atoms with Crippen LogP contribution in [0.3, 0.4) is 0 Å². The maximum atomic E-state index is 5.41. The first-order chi connectivity index (χ1) is 12.8. The topological polar surface area (TPSA) is 64.3 Å². The van der Waals surface area contributed by atoms with Crippen molar-refractivity contribution < 1.29 is 9.26 Å². The molecule has 1 atom stereocenters. The van der Waals surface area contributed by atoms with Gasteiger partial charge in [-0.25, -0.2) is 4.98 Å². The van der Waals surface area contributed by atoms with Gasteiger partial charge in [-0.15, -0.1) is 0 Å². The van der Waals surface area contributed by atoms with E-state index in [2.05, 4.69) is 32.2 Å². The van der Waals surface area contributed by atoms with E-state index in [-0.39, 0.29) is 0 Å². The number of aromatic nitrogens is 3. The van der Waals surface area contributed by atoms with Crippen molar-refractivity contribution in [2.24, 2.45) is 5.92 Å². The van der Waals surface area contributed by atoms with E-state index in [0.717, 1.165) is 43.1 Å². The summed E-state index contributed by atoms with van der Waals surface area (Å²) in [5.74, 6) is 2.75. The summed E-state index contributed by atoms with van der Waals surface area (Å²) in [7, 11) is 1.76. The highest BCUT2D eigenvalue weighted by Gasteiger charge is 2.23. The van der Waals surface area contributed by atoms with Gasteiger partial charge < -0.3 is 14.2 Å². The Hall–Kier alpha value is -2.73. The second-order valence-corrected chi connectivity index (χ2v) is 6.64. The molecule has 0 bridgehead atoms. The number of nitrogens with zero attached hydrogens (tertiary/aromatic N) is 4. The van der Waals surface area contributed by atoms with Gasteiger partial charge in [0.05, 0.1) is 12.2 Å². The second-order valence-electron chi connectivity index (χ2n) is 6.64. The molecule has 0 radical (unpaired) electrons. The van der Waals surface area contributed by atoms with Gasteiger partial charge >= 0.3 is 0 Å². The van der Waals surface area contributed by atoms with E-state index in [0.29, 0.717) is 24.1 Å². The van der Waals surface area contributed by atoms with Crippen LogP contribution in [-0.4, -0.2) is 41.9 Å². The average molecular weight is 350 g/mol. The van der Waals surface area contributed by atoms with Gasteiger partial charge in [-0.1, -0.05) is 35.5 Å². The molecule has 1 fully saturated rings. The van der Waals surface area contributed by atoms with Crippen molar-refractivity contribution in [3.63, 3.8) is 0 Å². The third-order valence-corrected chi connectivity index (χ3v) is 4.68. The van der Waals surface area contributed by atoms with Crippen LogP contribution in [0.15, 0.2) is 53.2 Å². The molecule has 3 aromatic rings. The van der Waals surface area contributed by atoms with Gasteiger partial charge in [0.25, 0.3) is 5.89 Å². The molecule has 1 aliphatic rings. The number of methoxy groups -OCH3 is 1. The smallest absolute Gasteiger partial charge is 0.259 e. The fraction of sp³-hybridized carbons (Fsp3) is 0.350. The van der Waals surface area contributed by atoms with Crippen molar-refractivity contribution in [3.05, 3.63) is 60.0 Å². The first-order valence-electron chi connectivity index (χ1n) is 8.88. The normalized spacial score (nSPS) is 17.0. The number of pyridine rings is 1. The molecule has 1 aliphatic heterocycles. The molecule has 3 heterocycles. The molecule has 0 spiro atoms. The molecule has 134 valence electrons. The van der Waals surface area contributed by atoms with E-state index in [9.17, 15) is 0 Å². The van der Waals surface area contributed by atoms with Crippen LogP contribution >= 0.6 is 0 Å². The lowest BCUT2D eigenvalue weighted by molar-refractivity contribution is 0.161. The quantitative estimate of drug-likeness (QED) is 0.680. The highest BCUT2D eigenvalue weighted by molar-refractivity contribution is 5.55. The molecule has 0 amide bonds. The minimum absolute atomic E-state index is 0.508. The predicted octanol–water partition coefficient (Wildman–Crippen LogP) is 3.20. The second kappa shape index (κ2) is 7.66.